The van der Waals surface area contributed by atoms with Gasteiger partial charge in [-0.1, -0.05) is 63.5 Å². The summed E-state index contributed by atoms with van der Waals surface area (Å²) in [5, 5.41) is 0. The first-order valence-electron chi connectivity index (χ1n) is 8.83. The Bertz CT molecular complexity index is 172. The van der Waals surface area contributed by atoms with Crippen LogP contribution in [0.15, 0.2) is 12.2 Å². The van der Waals surface area contributed by atoms with Gasteiger partial charge >= 0.3 is 0 Å². The van der Waals surface area contributed by atoms with Gasteiger partial charge in [-0.3, -0.25) is 4.39 Å². The zero-order chi connectivity index (χ0) is 14.7. The number of hydrogen-bond acceptors (Lipinski definition) is 1. The molecule has 0 aliphatic rings. The van der Waals surface area contributed by atoms with E-state index < -0.39 is 0 Å². The molecule has 0 saturated heterocycles. The van der Waals surface area contributed by atoms with E-state index in [2.05, 4.69) is 12.2 Å². The first kappa shape index (κ1) is 19.6. The molecule has 0 radical (unpaired) electrons. The highest BCUT2D eigenvalue weighted by molar-refractivity contribution is 4.81. The van der Waals surface area contributed by atoms with Gasteiger partial charge in [-0.25, -0.2) is 0 Å². The van der Waals surface area contributed by atoms with E-state index in [1.807, 2.05) is 0 Å². The van der Waals surface area contributed by atoms with Crippen LogP contribution in [-0.2, 0) is 0 Å². The summed E-state index contributed by atoms with van der Waals surface area (Å²) in [6.07, 6.45) is 22.0. The topological polar surface area (TPSA) is 26.0 Å². The predicted octanol–water partition coefficient (Wildman–Crippen LogP) is 5.93. The first-order valence-corrected chi connectivity index (χ1v) is 8.83. The van der Waals surface area contributed by atoms with Crippen molar-refractivity contribution in [3.63, 3.8) is 0 Å². The lowest BCUT2D eigenvalue weighted by atomic mass is 10.1. The van der Waals surface area contributed by atoms with Crippen molar-refractivity contribution in [1.29, 1.82) is 0 Å². The van der Waals surface area contributed by atoms with Crippen molar-refractivity contribution in [2.75, 3.05) is 13.2 Å². The van der Waals surface area contributed by atoms with Gasteiger partial charge in [0.15, 0.2) is 0 Å². The molecule has 0 aliphatic carbocycles. The minimum Gasteiger partial charge on any atom is -0.330 e. The van der Waals surface area contributed by atoms with Crippen LogP contribution in [-0.4, -0.2) is 13.2 Å². The number of nitrogens with two attached hydrogens (primary N) is 1. The summed E-state index contributed by atoms with van der Waals surface area (Å²) in [6.45, 7) is 0.703. The molecule has 120 valence electrons. The van der Waals surface area contributed by atoms with Crippen LogP contribution < -0.4 is 5.73 Å². The number of rotatable bonds is 16. The Balaban J connectivity index is 3.01. The fourth-order valence-electron chi connectivity index (χ4n) is 2.41. The van der Waals surface area contributed by atoms with E-state index >= 15 is 0 Å². The van der Waals surface area contributed by atoms with Gasteiger partial charge in [0.05, 0.1) is 6.67 Å². The van der Waals surface area contributed by atoms with E-state index in [4.69, 9.17) is 5.73 Å². The molecule has 2 N–H and O–H groups in total. The average Bonchev–Trinajstić information content (AvgIpc) is 2.47. The molecule has 0 heterocycles. The standard InChI is InChI=1S/C18H36FN/c19-17-15-13-11-9-7-5-3-1-2-4-6-8-10-12-14-16-18-20/h1-2H,3-18,20H2/b2-1-. The minimum absolute atomic E-state index is 0.143. The lowest BCUT2D eigenvalue weighted by Crippen LogP contribution is -1.97. The quantitative estimate of drug-likeness (QED) is 0.276. The third-order valence-corrected chi connectivity index (χ3v) is 3.75. The van der Waals surface area contributed by atoms with E-state index in [1.54, 1.807) is 0 Å². The van der Waals surface area contributed by atoms with Crippen LogP contribution in [0.25, 0.3) is 0 Å². The van der Waals surface area contributed by atoms with Gasteiger partial charge in [0, 0.05) is 0 Å². The summed E-state index contributed by atoms with van der Waals surface area (Å²) >= 11 is 0. The van der Waals surface area contributed by atoms with Crippen LogP contribution in [0.1, 0.15) is 89.9 Å². The zero-order valence-electron chi connectivity index (χ0n) is 13.4. The summed E-state index contributed by atoms with van der Waals surface area (Å²) in [5.74, 6) is 0. The molecule has 2 heteroatoms. The van der Waals surface area contributed by atoms with Gasteiger partial charge in [0.1, 0.15) is 0 Å². The summed E-state index contributed by atoms with van der Waals surface area (Å²) in [4.78, 5) is 0. The summed E-state index contributed by atoms with van der Waals surface area (Å²) in [5.41, 5.74) is 5.47. The molecular formula is C18H36FN. The number of hydrogen-bond donors (Lipinski definition) is 1. The predicted molar refractivity (Wildman–Crippen MR) is 88.8 cm³/mol. The van der Waals surface area contributed by atoms with Crippen molar-refractivity contribution in [1.82, 2.24) is 0 Å². The summed E-state index contributed by atoms with van der Waals surface area (Å²) in [7, 11) is 0. The number of unbranched alkanes of at least 4 members (excludes halogenated alkanes) is 12. The highest BCUT2D eigenvalue weighted by atomic mass is 19.1. The second-order valence-corrected chi connectivity index (χ2v) is 5.77. The molecule has 0 unspecified atom stereocenters. The van der Waals surface area contributed by atoms with Gasteiger partial charge in [0.2, 0.25) is 0 Å². The van der Waals surface area contributed by atoms with Gasteiger partial charge in [-0.15, -0.1) is 0 Å². The molecule has 0 aliphatic heterocycles. The Labute approximate surface area is 126 Å². The molecule has 0 saturated carbocycles. The lowest BCUT2D eigenvalue weighted by molar-refractivity contribution is 0.450. The highest BCUT2D eigenvalue weighted by Crippen LogP contribution is 2.09. The molecule has 0 rings (SSSR count). The maximum absolute atomic E-state index is 11.9. The smallest absolute Gasteiger partial charge is 0.0894 e. The molecule has 0 atom stereocenters. The fourth-order valence-corrected chi connectivity index (χ4v) is 2.41. The fraction of sp³-hybridized carbons (Fsp3) is 0.889. The van der Waals surface area contributed by atoms with Gasteiger partial charge in [0.25, 0.3) is 0 Å². The van der Waals surface area contributed by atoms with Crippen molar-refractivity contribution in [3.05, 3.63) is 12.2 Å². The van der Waals surface area contributed by atoms with Crippen molar-refractivity contribution in [2.24, 2.45) is 5.73 Å². The van der Waals surface area contributed by atoms with Crippen LogP contribution in [0.5, 0.6) is 0 Å². The minimum atomic E-state index is -0.143. The van der Waals surface area contributed by atoms with Crippen LogP contribution in [0.3, 0.4) is 0 Å². The van der Waals surface area contributed by atoms with Crippen molar-refractivity contribution < 1.29 is 4.39 Å². The normalized spacial score (nSPS) is 11.5. The summed E-state index contributed by atoms with van der Waals surface area (Å²) < 4.78 is 11.9. The van der Waals surface area contributed by atoms with Gasteiger partial charge < -0.3 is 5.73 Å². The molecule has 0 bridgehead atoms. The molecule has 0 aromatic heterocycles. The van der Waals surface area contributed by atoms with Gasteiger partial charge in [-0.05, 0) is 45.1 Å². The third-order valence-electron chi connectivity index (χ3n) is 3.75. The van der Waals surface area contributed by atoms with E-state index in [0.717, 1.165) is 19.4 Å². The van der Waals surface area contributed by atoms with Crippen LogP contribution in [0.4, 0.5) is 4.39 Å². The number of alkyl halides is 1. The summed E-state index contributed by atoms with van der Waals surface area (Å²) in [6, 6.07) is 0. The van der Waals surface area contributed by atoms with Crippen molar-refractivity contribution in [3.8, 4) is 0 Å². The van der Waals surface area contributed by atoms with Crippen LogP contribution in [0, 0.1) is 0 Å². The zero-order valence-corrected chi connectivity index (χ0v) is 13.4. The third kappa shape index (κ3) is 17.6. The molecule has 0 fully saturated rings. The Hall–Kier alpha value is -0.370. The second kappa shape index (κ2) is 18.6. The first-order chi connectivity index (χ1) is 9.91. The number of allylic oxidation sites excluding steroid dienone is 2. The van der Waals surface area contributed by atoms with Crippen molar-refractivity contribution in [2.45, 2.75) is 89.9 Å². The molecule has 0 spiro atoms. The molecule has 0 aromatic carbocycles. The van der Waals surface area contributed by atoms with Crippen molar-refractivity contribution >= 4 is 0 Å². The van der Waals surface area contributed by atoms with E-state index in [0.29, 0.717) is 0 Å². The second-order valence-electron chi connectivity index (χ2n) is 5.77. The Morgan fingerprint density at radius 2 is 0.950 bits per heavy atom. The lowest BCUT2D eigenvalue weighted by Gasteiger charge is -1.99. The molecule has 0 aromatic rings. The van der Waals surface area contributed by atoms with E-state index in [1.165, 1.54) is 77.0 Å². The SMILES string of the molecule is NCCCCCCCC/C=C\CCCCCCCCF. The monoisotopic (exact) mass is 285 g/mol. The van der Waals surface area contributed by atoms with Gasteiger partial charge in [-0.2, -0.15) is 0 Å². The average molecular weight is 285 g/mol. The largest absolute Gasteiger partial charge is 0.330 e. The molecule has 1 nitrogen and oxygen atoms in total. The maximum Gasteiger partial charge on any atom is 0.0894 e. The molecule has 0 amide bonds. The molecular weight excluding hydrogens is 249 g/mol. The molecule has 20 heavy (non-hydrogen) atoms. The Kier molecular flexibility index (Phi) is 18.3. The van der Waals surface area contributed by atoms with Crippen LogP contribution in [0.2, 0.25) is 0 Å². The van der Waals surface area contributed by atoms with E-state index in [9.17, 15) is 4.39 Å². The van der Waals surface area contributed by atoms with Crippen LogP contribution >= 0.6 is 0 Å². The number of halogens is 1. The highest BCUT2D eigenvalue weighted by Gasteiger charge is 1.91. The van der Waals surface area contributed by atoms with E-state index in [-0.39, 0.29) is 6.67 Å². The maximum atomic E-state index is 11.9. The Morgan fingerprint density at radius 3 is 1.40 bits per heavy atom. The Morgan fingerprint density at radius 1 is 0.550 bits per heavy atom.